The normalized spacial score (nSPS) is 10.6. The molecule has 0 fully saturated rings. The molecule has 0 unspecified atom stereocenters. The first-order chi connectivity index (χ1) is 10.5. The molecule has 22 heavy (non-hydrogen) atoms. The highest BCUT2D eigenvalue weighted by atomic mass is 79.9. The first-order valence-corrected chi connectivity index (χ1v) is 7.59. The average molecular weight is 378 g/mol. The monoisotopic (exact) mass is 376 g/mol. The average Bonchev–Trinajstić information content (AvgIpc) is 2.89. The van der Waals surface area contributed by atoms with Crippen LogP contribution in [0.15, 0.2) is 53.1 Å². The van der Waals surface area contributed by atoms with Crippen molar-refractivity contribution >= 4 is 55.8 Å². The fraction of sp³-hybridized carbons (Fsp3) is 0. The highest BCUT2D eigenvalue weighted by Crippen LogP contribution is 2.23. The molecule has 2 aromatic carbocycles. The van der Waals surface area contributed by atoms with E-state index in [2.05, 4.69) is 26.2 Å². The summed E-state index contributed by atoms with van der Waals surface area (Å²) in [5, 5.41) is 3.82. The molecule has 0 saturated heterocycles. The van der Waals surface area contributed by atoms with Crippen molar-refractivity contribution in [3.05, 3.63) is 63.7 Å². The Morgan fingerprint density at radius 3 is 2.73 bits per heavy atom. The summed E-state index contributed by atoms with van der Waals surface area (Å²) in [5.41, 5.74) is 1.58. The molecule has 4 nitrogen and oxygen atoms in total. The van der Waals surface area contributed by atoms with Gasteiger partial charge in [0, 0.05) is 32.3 Å². The van der Waals surface area contributed by atoms with Crippen LogP contribution in [0.25, 0.3) is 10.9 Å². The van der Waals surface area contributed by atoms with Gasteiger partial charge in [-0.1, -0.05) is 39.7 Å². The van der Waals surface area contributed by atoms with Gasteiger partial charge < -0.3 is 10.3 Å². The number of fused-ring (bicyclic) bond motifs is 1. The van der Waals surface area contributed by atoms with Crippen LogP contribution in [-0.4, -0.2) is 16.7 Å². The molecule has 0 aliphatic heterocycles. The van der Waals surface area contributed by atoms with E-state index in [-0.39, 0.29) is 0 Å². The minimum atomic E-state index is -0.686. The Morgan fingerprint density at radius 2 is 1.95 bits per heavy atom. The number of hydrogen-bond donors (Lipinski definition) is 2. The van der Waals surface area contributed by atoms with E-state index < -0.39 is 11.7 Å². The van der Waals surface area contributed by atoms with E-state index in [1.54, 1.807) is 36.4 Å². The molecule has 0 atom stereocenters. The quantitative estimate of drug-likeness (QED) is 0.525. The van der Waals surface area contributed by atoms with Crippen LogP contribution in [0.5, 0.6) is 0 Å². The van der Waals surface area contributed by atoms with Gasteiger partial charge in [-0.2, -0.15) is 0 Å². The van der Waals surface area contributed by atoms with Crippen LogP contribution < -0.4 is 5.32 Å². The molecule has 3 rings (SSSR count). The molecule has 1 heterocycles. The second-order valence-electron chi connectivity index (χ2n) is 4.69. The van der Waals surface area contributed by atoms with Crippen molar-refractivity contribution in [3.8, 4) is 0 Å². The Bertz CT molecular complexity index is 889. The van der Waals surface area contributed by atoms with Gasteiger partial charge in [-0.15, -0.1) is 0 Å². The molecule has 1 amide bonds. The van der Waals surface area contributed by atoms with Crippen molar-refractivity contribution in [3.63, 3.8) is 0 Å². The number of aromatic nitrogens is 1. The number of halogens is 2. The molecule has 0 aliphatic carbocycles. The van der Waals surface area contributed by atoms with Gasteiger partial charge in [-0.05, 0) is 30.3 Å². The second-order valence-corrected chi connectivity index (χ2v) is 6.04. The Morgan fingerprint density at radius 1 is 1.14 bits per heavy atom. The Kier molecular flexibility index (Phi) is 4.00. The number of carbonyl (C=O) groups is 2. The van der Waals surface area contributed by atoms with Crippen LogP contribution in [0.2, 0.25) is 5.02 Å². The molecule has 3 aromatic rings. The third-order valence-electron chi connectivity index (χ3n) is 3.18. The van der Waals surface area contributed by atoms with Crippen molar-refractivity contribution in [1.29, 1.82) is 0 Å². The van der Waals surface area contributed by atoms with Gasteiger partial charge in [-0.25, -0.2) is 0 Å². The van der Waals surface area contributed by atoms with Crippen LogP contribution >= 0.6 is 27.5 Å². The number of anilines is 1. The summed E-state index contributed by atoms with van der Waals surface area (Å²) in [6.07, 6.45) is 1.52. The summed E-state index contributed by atoms with van der Waals surface area (Å²) in [6, 6.07) is 12.2. The molecule has 2 N–H and O–H groups in total. The van der Waals surface area contributed by atoms with Crippen LogP contribution in [0.1, 0.15) is 10.4 Å². The number of hydrogen-bond acceptors (Lipinski definition) is 2. The summed E-state index contributed by atoms with van der Waals surface area (Å²) in [6.45, 7) is 0. The predicted octanol–water partition coefficient (Wildman–Crippen LogP) is 4.41. The number of nitrogens with one attached hydrogen (secondary N) is 2. The van der Waals surface area contributed by atoms with E-state index in [1.165, 1.54) is 6.20 Å². The lowest BCUT2D eigenvalue weighted by atomic mass is 10.1. The molecular formula is C16H10BrClN2O2. The molecule has 0 saturated carbocycles. The van der Waals surface area contributed by atoms with Crippen molar-refractivity contribution in [1.82, 2.24) is 4.98 Å². The highest BCUT2D eigenvalue weighted by Gasteiger charge is 2.20. The van der Waals surface area contributed by atoms with E-state index in [9.17, 15) is 9.59 Å². The fourth-order valence-electron chi connectivity index (χ4n) is 2.16. The van der Waals surface area contributed by atoms with Crippen molar-refractivity contribution < 1.29 is 9.59 Å². The summed E-state index contributed by atoms with van der Waals surface area (Å²) in [7, 11) is 0. The minimum Gasteiger partial charge on any atom is -0.360 e. The van der Waals surface area contributed by atoms with Gasteiger partial charge in [0.15, 0.2) is 0 Å². The zero-order valence-corrected chi connectivity index (χ0v) is 13.5. The number of ketones is 1. The van der Waals surface area contributed by atoms with Gasteiger partial charge in [0.2, 0.25) is 0 Å². The van der Waals surface area contributed by atoms with Crippen molar-refractivity contribution in [2.45, 2.75) is 0 Å². The summed E-state index contributed by atoms with van der Waals surface area (Å²) in [4.78, 5) is 27.4. The molecule has 0 bridgehead atoms. The summed E-state index contributed by atoms with van der Waals surface area (Å²) < 4.78 is 0.819. The van der Waals surface area contributed by atoms with E-state index in [0.29, 0.717) is 27.2 Å². The Labute approximate surface area is 139 Å². The van der Waals surface area contributed by atoms with Gasteiger partial charge in [0.05, 0.1) is 5.56 Å². The lowest BCUT2D eigenvalue weighted by Crippen LogP contribution is -2.22. The third kappa shape index (κ3) is 2.91. The van der Waals surface area contributed by atoms with Crippen LogP contribution in [0, 0.1) is 0 Å². The topological polar surface area (TPSA) is 62.0 Å². The van der Waals surface area contributed by atoms with E-state index in [0.717, 1.165) is 4.47 Å². The number of amides is 1. The number of Topliss-reactive ketones (excluding diaryl/α,β-unsaturated/α-hetero) is 1. The number of rotatable bonds is 3. The van der Waals surface area contributed by atoms with Crippen LogP contribution in [0.4, 0.5) is 5.69 Å². The smallest absolute Gasteiger partial charge is 0.296 e. The molecule has 0 spiro atoms. The maximum Gasteiger partial charge on any atom is 0.296 e. The van der Waals surface area contributed by atoms with E-state index in [1.807, 2.05) is 6.07 Å². The van der Waals surface area contributed by atoms with Crippen molar-refractivity contribution in [2.24, 2.45) is 0 Å². The summed E-state index contributed by atoms with van der Waals surface area (Å²) in [5.74, 6) is -1.29. The number of benzene rings is 2. The molecule has 110 valence electrons. The zero-order valence-electron chi connectivity index (χ0n) is 11.2. The fourth-order valence-corrected chi connectivity index (χ4v) is 2.73. The zero-order chi connectivity index (χ0) is 15.7. The first kappa shape index (κ1) is 14.8. The largest absolute Gasteiger partial charge is 0.360 e. The van der Waals surface area contributed by atoms with Crippen LogP contribution in [0.3, 0.4) is 0 Å². The van der Waals surface area contributed by atoms with Crippen molar-refractivity contribution in [2.75, 3.05) is 5.32 Å². The first-order valence-electron chi connectivity index (χ1n) is 6.42. The highest BCUT2D eigenvalue weighted by molar-refractivity contribution is 9.10. The standard InChI is InChI=1S/C16H10BrClN2O2/c17-9-2-1-3-11(6-9)20-16(22)15(21)13-8-19-14-7-10(18)4-5-12(13)14/h1-8,19H,(H,20,22). The number of aromatic amines is 1. The Balaban J connectivity index is 1.87. The van der Waals surface area contributed by atoms with Gasteiger partial charge in [0.1, 0.15) is 0 Å². The lowest BCUT2D eigenvalue weighted by Gasteiger charge is -2.04. The third-order valence-corrected chi connectivity index (χ3v) is 3.91. The lowest BCUT2D eigenvalue weighted by molar-refractivity contribution is -0.112. The van der Waals surface area contributed by atoms with Gasteiger partial charge in [0.25, 0.3) is 11.7 Å². The molecule has 1 aromatic heterocycles. The number of carbonyl (C=O) groups excluding carboxylic acids is 2. The van der Waals surface area contributed by atoms with Crippen LogP contribution in [-0.2, 0) is 4.79 Å². The maximum absolute atomic E-state index is 12.3. The second kappa shape index (κ2) is 5.94. The molecule has 0 radical (unpaired) electrons. The molecular weight excluding hydrogens is 368 g/mol. The van der Waals surface area contributed by atoms with E-state index in [4.69, 9.17) is 11.6 Å². The Hall–Kier alpha value is -2.11. The minimum absolute atomic E-state index is 0.319. The maximum atomic E-state index is 12.3. The van der Waals surface area contributed by atoms with Gasteiger partial charge >= 0.3 is 0 Å². The molecule has 0 aliphatic rings. The SMILES string of the molecule is O=C(Nc1cccc(Br)c1)C(=O)c1c[nH]c2cc(Cl)ccc12. The summed E-state index contributed by atoms with van der Waals surface area (Å²) >= 11 is 9.22. The predicted molar refractivity (Wildman–Crippen MR) is 90.4 cm³/mol. The van der Waals surface area contributed by atoms with E-state index >= 15 is 0 Å². The molecule has 6 heteroatoms. The van der Waals surface area contributed by atoms with Gasteiger partial charge in [-0.3, -0.25) is 9.59 Å². The number of H-pyrrole nitrogens is 1.